The second-order valence-corrected chi connectivity index (χ2v) is 10.4. The first-order chi connectivity index (χ1) is 20.7. The van der Waals surface area contributed by atoms with Gasteiger partial charge in [0.2, 0.25) is 18.1 Å². The molecular formula is C30H34F9N3O3. The molecule has 6 nitrogen and oxygen atoms in total. The van der Waals surface area contributed by atoms with Crippen molar-refractivity contribution in [1.29, 1.82) is 0 Å². The van der Waals surface area contributed by atoms with Crippen molar-refractivity contribution in [3.63, 3.8) is 0 Å². The van der Waals surface area contributed by atoms with Crippen LogP contribution in [0.1, 0.15) is 33.3 Å². The molecule has 0 aliphatic carbocycles. The van der Waals surface area contributed by atoms with Gasteiger partial charge in [0, 0.05) is 18.8 Å². The molecule has 1 aliphatic rings. The smallest absolute Gasteiger partial charge is 0.379 e. The summed E-state index contributed by atoms with van der Waals surface area (Å²) in [5.41, 5.74) is -1.80. The fourth-order valence-corrected chi connectivity index (χ4v) is 4.06. The zero-order chi connectivity index (χ0) is 34.8. The van der Waals surface area contributed by atoms with Gasteiger partial charge in [0.1, 0.15) is 12.1 Å². The van der Waals surface area contributed by atoms with Crippen molar-refractivity contribution in [2.75, 3.05) is 18.0 Å². The van der Waals surface area contributed by atoms with Crippen molar-refractivity contribution in [2.24, 2.45) is 11.8 Å². The summed E-state index contributed by atoms with van der Waals surface area (Å²) < 4.78 is 110. The van der Waals surface area contributed by atoms with E-state index in [9.17, 15) is 49.1 Å². The predicted molar refractivity (Wildman–Crippen MR) is 151 cm³/mol. The summed E-state index contributed by atoms with van der Waals surface area (Å²) in [5.74, 6) is -1.80. The SMILES string of the molecule is C=C/C(=C\C=C\N[C@@H](C(=O)N(c1ccc(C(F)(F)F)cc1)[C@H](C(=O)N1CC=CC1)C(C)C)C(C)C)C(F)(F)F.O=CC(F)(F)F. The Bertz CT molecular complexity index is 1240. The van der Waals surface area contributed by atoms with Crippen LogP contribution in [0.3, 0.4) is 0 Å². The number of hydrogen-bond acceptors (Lipinski definition) is 4. The van der Waals surface area contributed by atoms with Crippen LogP contribution in [0.4, 0.5) is 45.2 Å². The van der Waals surface area contributed by atoms with Gasteiger partial charge in [-0.1, -0.05) is 52.5 Å². The van der Waals surface area contributed by atoms with Crippen LogP contribution in [0.2, 0.25) is 0 Å². The summed E-state index contributed by atoms with van der Waals surface area (Å²) in [6.07, 6.45) is -7.59. The van der Waals surface area contributed by atoms with Gasteiger partial charge in [-0.15, -0.1) is 0 Å². The first kappa shape index (κ1) is 39.0. The fourth-order valence-electron chi connectivity index (χ4n) is 4.06. The first-order valence-electron chi connectivity index (χ1n) is 13.4. The zero-order valence-corrected chi connectivity index (χ0v) is 24.8. The lowest BCUT2D eigenvalue weighted by molar-refractivity contribution is -0.156. The van der Waals surface area contributed by atoms with Crippen LogP contribution < -0.4 is 10.2 Å². The van der Waals surface area contributed by atoms with Crippen LogP contribution in [0.25, 0.3) is 0 Å². The van der Waals surface area contributed by atoms with E-state index in [1.54, 1.807) is 39.8 Å². The van der Waals surface area contributed by atoms with E-state index in [1.807, 2.05) is 0 Å². The number of carbonyl (C=O) groups is 3. The van der Waals surface area contributed by atoms with Crippen molar-refractivity contribution in [3.8, 4) is 0 Å². The Balaban J connectivity index is 0.00000153. The Morgan fingerprint density at radius 2 is 1.42 bits per heavy atom. The molecule has 45 heavy (non-hydrogen) atoms. The lowest BCUT2D eigenvalue weighted by atomic mass is 9.96. The number of nitrogens with zero attached hydrogens (tertiary/aromatic N) is 2. The predicted octanol–water partition coefficient (Wildman–Crippen LogP) is 7.01. The van der Waals surface area contributed by atoms with Gasteiger partial charge in [-0.25, -0.2) is 0 Å². The number of rotatable bonds is 10. The molecule has 2 rings (SSSR count). The molecule has 0 radical (unpaired) electrons. The van der Waals surface area contributed by atoms with Crippen molar-refractivity contribution < 1.29 is 53.9 Å². The third-order valence-electron chi connectivity index (χ3n) is 6.26. The minimum Gasteiger partial charge on any atom is -0.379 e. The number of nitrogens with one attached hydrogen (secondary N) is 1. The second-order valence-electron chi connectivity index (χ2n) is 10.4. The molecule has 2 amide bonds. The number of carbonyl (C=O) groups excluding carboxylic acids is 3. The fraction of sp³-hybridized carbons (Fsp3) is 0.433. The highest BCUT2D eigenvalue weighted by Gasteiger charge is 2.40. The van der Waals surface area contributed by atoms with Gasteiger partial charge in [-0.05, 0) is 54.5 Å². The van der Waals surface area contributed by atoms with E-state index in [2.05, 4.69) is 11.9 Å². The van der Waals surface area contributed by atoms with Gasteiger partial charge in [-0.2, -0.15) is 39.5 Å². The summed E-state index contributed by atoms with van der Waals surface area (Å²) in [6.45, 7) is 10.7. The molecule has 0 bridgehead atoms. The summed E-state index contributed by atoms with van der Waals surface area (Å²) in [4.78, 5) is 39.0. The summed E-state index contributed by atoms with van der Waals surface area (Å²) in [7, 11) is 0. The number of amides is 2. The molecule has 2 atom stereocenters. The van der Waals surface area contributed by atoms with E-state index in [0.29, 0.717) is 19.2 Å². The highest BCUT2D eigenvalue weighted by atomic mass is 19.4. The lowest BCUT2D eigenvalue weighted by Gasteiger charge is -2.38. The molecule has 250 valence electrons. The number of allylic oxidation sites excluding steroid dienone is 4. The summed E-state index contributed by atoms with van der Waals surface area (Å²) >= 11 is 0. The number of benzene rings is 1. The topological polar surface area (TPSA) is 69.7 Å². The Morgan fingerprint density at radius 3 is 1.80 bits per heavy atom. The van der Waals surface area contributed by atoms with Crippen molar-refractivity contribution in [3.05, 3.63) is 78.6 Å². The molecule has 0 saturated heterocycles. The van der Waals surface area contributed by atoms with Crippen LogP contribution in [-0.4, -0.2) is 60.5 Å². The first-order valence-corrected chi connectivity index (χ1v) is 13.4. The molecule has 0 aromatic heterocycles. The normalized spacial score (nSPS) is 15.5. The highest BCUT2D eigenvalue weighted by Crippen LogP contribution is 2.32. The Kier molecular flexibility index (Phi) is 14.1. The quantitative estimate of drug-likeness (QED) is 0.128. The maximum absolute atomic E-state index is 14.0. The summed E-state index contributed by atoms with van der Waals surface area (Å²) in [5, 5.41) is 2.80. The van der Waals surface area contributed by atoms with Crippen LogP contribution in [-0.2, 0) is 20.6 Å². The number of halogens is 9. The van der Waals surface area contributed by atoms with Crippen molar-refractivity contribution >= 4 is 23.8 Å². The van der Waals surface area contributed by atoms with Crippen LogP contribution in [0.15, 0.2) is 73.0 Å². The number of alkyl halides is 9. The Morgan fingerprint density at radius 1 is 0.911 bits per heavy atom. The number of hydrogen-bond donors (Lipinski definition) is 1. The number of anilines is 1. The zero-order valence-electron chi connectivity index (χ0n) is 24.8. The van der Waals surface area contributed by atoms with E-state index in [4.69, 9.17) is 4.79 Å². The molecular weight excluding hydrogens is 621 g/mol. The third-order valence-corrected chi connectivity index (χ3v) is 6.26. The van der Waals surface area contributed by atoms with Gasteiger partial charge in [0.25, 0.3) is 0 Å². The average molecular weight is 656 g/mol. The Hall–Kier alpha value is -4.04. The molecule has 1 aromatic rings. The average Bonchev–Trinajstić information content (AvgIpc) is 3.47. The molecule has 1 heterocycles. The lowest BCUT2D eigenvalue weighted by Crippen LogP contribution is -2.58. The van der Waals surface area contributed by atoms with Gasteiger partial charge in [0.15, 0.2) is 0 Å². The van der Waals surface area contributed by atoms with Gasteiger partial charge < -0.3 is 10.2 Å². The minimum absolute atomic E-state index is 0.0922. The summed E-state index contributed by atoms with van der Waals surface area (Å²) in [6, 6.07) is 1.90. The standard InChI is InChI=1S/C28H33F6N3O2.C2HF3O/c1-6-20(27(29,30)31)10-9-15-35-23(18(2)3)25(38)37(22-13-11-21(12-14-22)28(32,33)34)24(19(4)5)26(39)36-16-7-8-17-36;3-2(4,5)1-6/h6-15,18-19,23-24,35H,1,16-17H2,2-5H3;1H/b15-9+,20-10+;/t23-,24+;/m1./s1. The second kappa shape index (κ2) is 16.3. The third kappa shape index (κ3) is 12.1. The van der Waals surface area contributed by atoms with Crippen molar-refractivity contribution in [2.45, 2.75) is 58.3 Å². The highest BCUT2D eigenvalue weighted by molar-refractivity contribution is 6.03. The molecule has 1 aromatic carbocycles. The number of aldehydes is 1. The van der Waals surface area contributed by atoms with Gasteiger partial charge in [-0.3, -0.25) is 19.3 Å². The largest absolute Gasteiger partial charge is 0.446 e. The van der Waals surface area contributed by atoms with Gasteiger partial charge >= 0.3 is 18.5 Å². The van der Waals surface area contributed by atoms with Gasteiger partial charge in [0.05, 0.1) is 11.1 Å². The molecule has 1 aliphatic heterocycles. The van der Waals surface area contributed by atoms with Crippen LogP contribution in [0.5, 0.6) is 0 Å². The maximum atomic E-state index is 14.0. The van der Waals surface area contributed by atoms with E-state index < -0.39 is 65.8 Å². The van der Waals surface area contributed by atoms with E-state index in [0.717, 1.165) is 36.4 Å². The monoisotopic (exact) mass is 655 g/mol. The maximum Gasteiger partial charge on any atom is 0.446 e. The Labute approximate surface area is 254 Å². The molecule has 15 heteroatoms. The van der Waals surface area contributed by atoms with Crippen molar-refractivity contribution in [1.82, 2.24) is 10.2 Å². The molecule has 0 unspecified atom stereocenters. The van der Waals surface area contributed by atoms with Crippen LogP contribution in [0, 0.1) is 11.8 Å². The molecule has 0 spiro atoms. The van der Waals surface area contributed by atoms with E-state index >= 15 is 0 Å². The van der Waals surface area contributed by atoms with E-state index in [1.165, 1.54) is 16.0 Å². The van der Waals surface area contributed by atoms with E-state index in [-0.39, 0.29) is 11.6 Å². The molecule has 0 fully saturated rings. The van der Waals surface area contributed by atoms with Crippen LogP contribution >= 0.6 is 0 Å². The minimum atomic E-state index is -4.64. The molecule has 1 N–H and O–H groups in total. The molecule has 0 saturated carbocycles.